The number of aromatic nitrogens is 3. The molecule has 1 saturated heterocycles. The van der Waals surface area contributed by atoms with Crippen molar-refractivity contribution in [1.82, 2.24) is 29.9 Å². The fourth-order valence-corrected chi connectivity index (χ4v) is 4.70. The average molecular weight is 472 g/mol. The smallest absolute Gasteiger partial charge is 0.321 e. The van der Waals surface area contributed by atoms with Crippen molar-refractivity contribution in [2.75, 3.05) is 45.2 Å². The van der Waals surface area contributed by atoms with E-state index in [0.717, 1.165) is 43.9 Å². The number of hydrogen-bond donors (Lipinski definition) is 2. The maximum atomic E-state index is 13.6. The monoisotopic (exact) mass is 471 g/mol. The van der Waals surface area contributed by atoms with Gasteiger partial charge in [-0.15, -0.1) is 0 Å². The van der Waals surface area contributed by atoms with Crippen LogP contribution in [0, 0.1) is 0 Å². The number of pyridine rings is 1. The lowest BCUT2D eigenvalue weighted by atomic mass is 10.0. The SMILES string of the molecule is C.COCCCN1CCN(C(=O)N2Cc3c(NC(=O)c4ccccn4)n[nH]c3C2(C)C)[C@@H](C)C1. The number of hydrogen-bond acceptors (Lipinski definition) is 6. The zero-order valence-electron chi connectivity index (χ0n) is 19.8. The second-order valence-electron chi connectivity index (χ2n) is 9.21. The van der Waals surface area contributed by atoms with Gasteiger partial charge in [0.2, 0.25) is 0 Å². The fourth-order valence-electron chi connectivity index (χ4n) is 4.70. The minimum absolute atomic E-state index is 0. The van der Waals surface area contributed by atoms with Crippen LogP contribution in [-0.4, -0.2) is 87.8 Å². The number of urea groups is 1. The lowest BCUT2D eigenvalue weighted by Gasteiger charge is -2.43. The Hall–Kier alpha value is -2.98. The molecule has 0 aromatic carbocycles. The van der Waals surface area contributed by atoms with Gasteiger partial charge in [-0.1, -0.05) is 13.5 Å². The number of piperazine rings is 1. The van der Waals surface area contributed by atoms with Gasteiger partial charge in [-0.2, -0.15) is 5.10 Å². The molecule has 34 heavy (non-hydrogen) atoms. The molecular weight excluding hydrogens is 434 g/mol. The second kappa shape index (κ2) is 10.5. The van der Waals surface area contributed by atoms with Crippen LogP contribution in [0.15, 0.2) is 24.4 Å². The number of methoxy groups -OCH3 is 1. The summed E-state index contributed by atoms with van der Waals surface area (Å²) in [6.07, 6.45) is 2.57. The minimum atomic E-state index is -0.567. The molecule has 4 rings (SSSR count). The molecule has 2 aliphatic rings. The molecule has 3 amide bonds. The molecule has 1 fully saturated rings. The van der Waals surface area contributed by atoms with Crippen molar-refractivity contribution in [3.63, 3.8) is 0 Å². The minimum Gasteiger partial charge on any atom is -0.385 e. The summed E-state index contributed by atoms with van der Waals surface area (Å²) >= 11 is 0. The van der Waals surface area contributed by atoms with E-state index in [1.807, 2.05) is 23.6 Å². The van der Waals surface area contributed by atoms with Gasteiger partial charge < -0.3 is 19.9 Å². The molecule has 0 unspecified atom stereocenters. The van der Waals surface area contributed by atoms with Crippen LogP contribution in [0.3, 0.4) is 0 Å². The summed E-state index contributed by atoms with van der Waals surface area (Å²) in [5.41, 5.74) is 1.43. The third-order valence-electron chi connectivity index (χ3n) is 6.61. The van der Waals surface area contributed by atoms with Crippen LogP contribution in [-0.2, 0) is 16.8 Å². The van der Waals surface area contributed by atoms with Gasteiger partial charge in [0, 0.05) is 57.7 Å². The molecule has 10 nitrogen and oxygen atoms in total. The third-order valence-corrected chi connectivity index (χ3v) is 6.61. The van der Waals surface area contributed by atoms with Crippen LogP contribution >= 0.6 is 0 Å². The van der Waals surface area contributed by atoms with Crippen molar-refractivity contribution >= 4 is 17.8 Å². The highest BCUT2D eigenvalue weighted by Gasteiger charge is 2.46. The van der Waals surface area contributed by atoms with Gasteiger partial charge in [0.05, 0.1) is 17.8 Å². The Kier molecular flexibility index (Phi) is 7.93. The number of ether oxygens (including phenoxy) is 1. The summed E-state index contributed by atoms with van der Waals surface area (Å²) in [5, 5.41) is 10.2. The van der Waals surface area contributed by atoms with E-state index in [9.17, 15) is 9.59 Å². The highest BCUT2D eigenvalue weighted by molar-refractivity contribution is 6.02. The molecule has 0 aliphatic carbocycles. The Bertz CT molecular complexity index is 992. The number of carbonyl (C=O) groups is 2. The first kappa shape index (κ1) is 25.6. The summed E-state index contributed by atoms with van der Waals surface area (Å²) in [6.45, 7) is 10.6. The molecule has 2 aromatic rings. The average Bonchev–Trinajstić information content (AvgIpc) is 3.32. The molecule has 4 heterocycles. The zero-order chi connectivity index (χ0) is 23.6. The molecule has 0 bridgehead atoms. The number of H-pyrrole nitrogens is 1. The number of amides is 3. The number of anilines is 1. The predicted molar refractivity (Wildman–Crippen MR) is 131 cm³/mol. The normalized spacial score (nSPS) is 19.5. The third kappa shape index (κ3) is 4.92. The lowest BCUT2D eigenvalue weighted by molar-refractivity contribution is 0.0560. The molecule has 1 atom stereocenters. The van der Waals surface area contributed by atoms with Crippen molar-refractivity contribution in [3.8, 4) is 0 Å². The lowest BCUT2D eigenvalue weighted by Crippen LogP contribution is -2.58. The first-order valence-corrected chi connectivity index (χ1v) is 11.4. The van der Waals surface area contributed by atoms with E-state index in [1.165, 1.54) is 0 Å². The highest BCUT2D eigenvalue weighted by atomic mass is 16.5. The molecule has 0 spiro atoms. The summed E-state index contributed by atoms with van der Waals surface area (Å²) in [5.74, 6) is 0.116. The molecule has 0 saturated carbocycles. The Morgan fingerprint density at radius 3 is 2.76 bits per heavy atom. The highest BCUT2D eigenvalue weighted by Crippen LogP contribution is 2.41. The Morgan fingerprint density at radius 2 is 2.09 bits per heavy atom. The molecule has 2 aromatic heterocycles. The first-order chi connectivity index (χ1) is 15.8. The van der Waals surface area contributed by atoms with Crippen molar-refractivity contribution in [1.29, 1.82) is 0 Å². The molecule has 0 radical (unpaired) electrons. The number of carbonyl (C=O) groups excluding carboxylic acids is 2. The number of nitrogens with one attached hydrogen (secondary N) is 2. The van der Waals surface area contributed by atoms with E-state index in [-0.39, 0.29) is 25.4 Å². The second-order valence-corrected chi connectivity index (χ2v) is 9.21. The van der Waals surface area contributed by atoms with Crippen LogP contribution in [0.5, 0.6) is 0 Å². The molecule has 2 aliphatic heterocycles. The van der Waals surface area contributed by atoms with Gasteiger partial charge in [0.1, 0.15) is 5.69 Å². The maximum absolute atomic E-state index is 13.6. The van der Waals surface area contributed by atoms with Gasteiger partial charge in [-0.05, 0) is 39.3 Å². The Labute approximate surface area is 201 Å². The van der Waals surface area contributed by atoms with Gasteiger partial charge in [0.15, 0.2) is 5.82 Å². The van der Waals surface area contributed by atoms with Crippen molar-refractivity contribution in [2.24, 2.45) is 0 Å². The van der Waals surface area contributed by atoms with E-state index < -0.39 is 5.54 Å². The van der Waals surface area contributed by atoms with Crippen LogP contribution in [0.1, 0.15) is 56.4 Å². The van der Waals surface area contributed by atoms with Gasteiger partial charge in [0.25, 0.3) is 5.91 Å². The van der Waals surface area contributed by atoms with E-state index in [0.29, 0.717) is 24.6 Å². The number of fused-ring (bicyclic) bond motifs is 1. The standard InChI is InChI=1S/C23H33N7O3.CH4/c1-16-14-28(10-7-13-33-4)11-12-29(16)22(32)30-15-17-19(23(30,2)3)26-27-20(17)25-21(31)18-8-5-6-9-24-18;/h5-6,8-9,16H,7,10-15H2,1-4H3,(H2,25,26,27,31);1H4/t16-;/m0./s1. The first-order valence-electron chi connectivity index (χ1n) is 11.4. The van der Waals surface area contributed by atoms with Crippen LogP contribution in [0.25, 0.3) is 0 Å². The summed E-state index contributed by atoms with van der Waals surface area (Å²) in [6, 6.07) is 5.30. The van der Waals surface area contributed by atoms with Crippen LogP contribution < -0.4 is 5.32 Å². The topological polar surface area (TPSA) is 107 Å². The predicted octanol–water partition coefficient (Wildman–Crippen LogP) is 2.91. The maximum Gasteiger partial charge on any atom is 0.321 e. The van der Waals surface area contributed by atoms with Gasteiger partial charge >= 0.3 is 6.03 Å². The Morgan fingerprint density at radius 1 is 1.29 bits per heavy atom. The number of nitrogens with zero attached hydrogens (tertiary/aromatic N) is 5. The summed E-state index contributed by atoms with van der Waals surface area (Å²) < 4.78 is 5.16. The van der Waals surface area contributed by atoms with E-state index in [4.69, 9.17) is 4.74 Å². The van der Waals surface area contributed by atoms with Gasteiger partial charge in [-0.3, -0.25) is 19.8 Å². The van der Waals surface area contributed by atoms with Crippen molar-refractivity contribution in [3.05, 3.63) is 41.3 Å². The summed E-state index contributed by atoms with van der Waals surface area (Å²) in [7, 11) is 1.72. The van der Waals surface area contributed by atoms with E-state index in [2.05, 4.69) is 32.3 Å². The molecule has 186 valence electrons. The van der Waals surface area contributed by atoms with Gasteiger partial charge in [-0.25, -0.2) is 4.79 Å². The molecule has 2 N–H and O–H groups in total. The summed E-state index contributed by atoms with van der Waals surface area (Å²) in [4.78, 5) is 36.5. The quantitative estimate of drug-likeness (QED) is 0.628. The van der Waals surface area contributed by atoms with Crippen LogP contribution in [0.2, 0.25) is 0 Å². The van der Waals surface area contributed by atoms with Crippen molar-refractivity contribution in [2.45, 2.75) is 52.7 Å². The van der Waals surface area contributed by atoms with Crippen molar-refractivity contribution < 1.29 is 14.3 Å². The van der Waals surface area contributed by atoms with Crippen LogP contribution in [0.4, 0.5) is 10.6 Å². The molecule has 10 heteroatoms. The van der Waals surface area contributed by atoms with E-state index in [1.54, 1.807) is 31.5 Å². The number of aromatic amines is 1. The van der Waals surface area contributed by atoms with E-state index >= 15 is 0 Å². The molecular formula is C24H37N7O3. The fraction of sp³-hybridized carbons (Fsp3) is 0.583. The Balaban J connectivity index is 0.00000324. The zero-order valence-corrected chi connectivity index (χ0v) is 19.8. The number of rotatable bonds is 6. The largest absolute Gasteiger partial charge is 0.385 e.